The zero-order valence-corrected chi connectivity index (χ0v) is 17.5. The van der Waals surface area contributed by atoms with Gasteiger partial charge < -0.3 is 14.4 Å². The average molecular weight is 394 g/mol. The van der Waals surface area contributed by atoms with Crippen LogP contribution in [0, 0.1) is 11.8 Å². The molecule has 4 rings (SSSR count). The summed E-state index contributed by atoms with van der Waals surface area (Å²) in [6.45, 7) is 2.28. The van der Waals surface area contributed by atoms with Crippen LogP contribution in [0.2, 0.25) is 0 Å². The molecule has 1 saturated heterocycles. The molecule has 29 heavy (non-hydrogen) atoms. The van der Waals surface area contributed by atoms with Gasteiger partial charge in [0.2, 0.25) is 0 Å². The highest BCUT2D eigenvalue weighted by Crippen LogP contribution is 2.38. The van der Waals surface area contributed by atoms with E-state index >= 15 is 0 Å². The van der Waals surface area contributed by atoms with E-state index in [1.165, 1.54) is 24.9 Å². The first-order valence-electron chi connectivity index (χ1n) is 10.8. The second-order valence-electron chi connectivity index (χ2n) is 8.33. The summed E-state index contributed by atoms with van der Waals surface area (Å²) < 4.78 is 10.8. The number of fused-ring (bicyclic) bond motifs is 1. The van der Waals surface area contributed by atoms with Crippen molar-refractivity contribution in [2.24, 2.45) is 11.8 Å². The van der Waals surface area contributed by atoms with Crippen molar-refractivity contribution in [1.29, 1.82) is 0 Å². The number of rotatable bonds is 7. The van der Waals surface area contributed by atoms with Crippen molar-refractivity contribution in [1.82, 2.24) is 0 Å². The molecule has 154 valence electrons. The molecule has 0 bridgehead atoms. The lowest BCUT2D eigenvalue weighted by Crippen LogP contribution is -2.33. The van der Waals surface area contributed by atoms with Crippen molar-refractivity contribution >= 4 is 11.5 Å². The van der Waals surface area contributed by atoms with Gasteiger partial charge in [-0.05, 0) is 61.4 Å². The maximum atomic E-state index is 12.8. The zero-order valence-electron chi connectivity index (χ0n) is 17.5. The molecule has 2 aliphatic rings. The van der Waals surface area contributed by atoms with Gasteiger partial charge >= 0.3 is 0 Å². The fourth-order valence-electron chi connectivity index (χ4n) is 4.90. The van der Waals surface area contributed by atoms with Crippen LogP contribution in [-0.4, -0.2) is 33.1 Å². The van der Waals surface area contributed by atoms with Crippen LogP contribution in [0.3, 0.4) is 0 Å². The number of piperidine rings is 1. The Morgan fingerprint density at radius 2 is 1.66 bits per heavy atom. The van der Waals surface area contributed by atoms with Gasteiger partial charge in [0.1, 0.15) is 0 Å². The van der Waals surface area contributed by atoms with Gasteiger partial charge in [0.15, 0.2) is 17.3 Å². The van der Waals surface area contributed by atoms with Crippen LogP contribution in [0.1, 0.15) is 48.0 Å². The number of nitrogens with zero attached hydrogens (tertiary/aromatic N) is 1. The molecule has 2 aromatic carbocycles. The third-order valence-electron chi connectivity index (χ3n) is 6.61. The average Bonchev–Trinajstić information content (AvgIpc) is 3.08. The largest absolute Gasteiger partial charge is 0.493 e. The van der Waals surface area contributed by atoms with Gasteiger partial charge in [0.25, 0.3) is 0 Å². The maximum absolute atomic E-state index is 12.8. The first-order valence-corrected chi connectivity index (χ1v) is 10.8. The quantitative estimate of drug-likeness (QED) is 0.652. The van der Waals surface area contributed by atoms with E-state index in [0.29, 0.717) is 11.5 Å². The highest BCUT2D eigenvalue weighted by Gasteiger charge is 2.32. The molecule has 1 fully saturated rings. The van der Waals surface area contributed by atoms with Crippen molar-refractivity contribution in [2.75, 3.05) is 32.2 Å². The molecule has 1 atom stereocenters. The zero-order chi connectivity index (χ0) is 20.2. The normalized spacial score (nSPS) is 19.3. The SMILES string of the molecule is COc1cc2c(cc1OC)C(=O)C(CCCC1CCN(c3ccccc3)CC1)C2. The summed E-state index contributed by atoms with van der Waals surface area (Å²) >= 11 is 0. The predicted molar refractivity (Wildman–Crippen MR) is 116 cm³/mol. The van der Waals surface area contributed by atoms with Gasteiger partial charge in [-0.25, -0.2) is 0 Å². The molecule has 4 nitrogen and oxygen atoms in total. The summed E-state index contributed by atoms with van der Waals surface area (Å²) in [6.07, 6.45) is 6.69. The predicted octanol–water partition coefficient (Wildman–Crippen LogP) is 5.15. The minimum atomic E-state index is 0.117. The van der Waals surface area contributed by atoms with Gasteiger partial charge in [-0.1, -0.05) is 31.0 Å². The van der Waals surface area contributed by atoms with Crippen LogP contribution < -0.4 is 14.4 Å². The number of anilines is 1. The topological polar surface area (TPSA) is 38.8 Å². The van der Waals surface area contributed by atoms with Gasteiger partial charge in [-0.3, -0.25) is 4.79 Å². The van der Waals surface area contributed by atoms with Crippen LogP contribution in [0.4, 0.5) is 5.69 Å². The summed E-state index contributed by atoms with van der Waals surface area (Å²) in [6, 6.07) is 14.5. The summed E-state index contributed by atoms with van der Waals surface area (Å²) in [5.41, 5.74) is 3.27. The summed E-state index contributed by atoms with van der Waals surface area (Å²) in [4.78, 5) is 15.3. The monoisotopic (exact) mass is 393 g/mol. The third kappa shape index (κ3) is 4.26. The Kier molecular flexibility index (Phi) is 6.08. The Morgan fingerprint density at radius 3 is 2.34 bits per heavy atom. The number of ketones is 1. The fraction of sp³-hybridized carbons (Fsp3) is 0.480. The number of Topliss-reactive ketones (excluding diaryl/α,β-unsaturated/α-hetero) is 1. The number of hydrogen-bond acceptors (Lipinski definition) is 4. The van der Waals surface area contributed by atoms with Crippen LogP contribution in [0.25, 0.3) is 0 Å². The molecular formula is C25H31NO3. The number of carbonyl (C=O) groups excluding carboxylic acids is 1. The number of hydrogen-bond donors (Lipinski definition) is 0. The molecule has 1 aliphatic heterocycles. The Labute approximate surface area is 173 Å². The van der Waals surface area contributed by atoms with Crippen LogP contribution in [0.15, 0.2) is 42.5 Å². The summed E-state index contributed by atoms with van der Waals surface area (Å²) in [5.74, 6) is 2.54. The van der Waals surface area contributed by atoms with Crippen molar-refractivity contribution in [2.45, 2.75) is 38.5 Å². The third-order valence-corrected chi connectivity index (χ3v) is 6.61. The lowest BCUT2D eigenvalue weighted by Gasteiger charge is -2.33. The van der Waals surface area contributed by atoms with E-state index < -0.39 is 0 Å². The van der Waals surface area contributed by atoms with E-state index in [1.54, 1.807) is 14.2 Å². The molecule has 2 aromatic rings. The van der Waals surface area contributed by atoms with Crippen molar-refractivity contribution in [3.05, 3.63) is 53.6 Å². The first kappa shape index (κ1) is 19.8. The van der Waals surface area contributed by atoms with Gasteiger partial charge in [-0.15, -0.1) is 0 Å². The fourth-order valence-corrected chi connectivity index (χ4v) is 4.90. The molecule has 0 amide bonds. The van der Waals surface area contributed by atoms with Crippen molar-refractivity contribution in [3.63, 3.8) is 0 Å². The minimum Gasteiger partial charge on any atom is -0.493 e. The van der Waals surface area contributed by atoms with E-state index in [-0.39, 0.29) is 11.7 Å². The molecule has 0 radical (unpaired) electrons. The molecule has 0 N–H and O–H groups in total. The highest BCUT2D eigenvalue weighted by molar-refractivity contribution is 6.02. The number of para-hydroxylation sites is 1. The van der Waals surface area contributed by atoms with Crippen LogP contribution in [-0.2, 0) is 6.42 Å². The Hall–Kier alpha value is -2.49. The smallest absolute Gasteiger partial charge is 0.166 e. The molecule has 0 saturated carbocycles. The molecule has 4 heteroatoms. The second-order valence-corrected chi connectivity index (χ2v) is 8.33. The van der Waals surface area contributed by atoms with E-state index in [1.807, 2.05) is 12.1 Å². The van der Waals surface area contributed by atoms with Crippen molar-refractivity contribution < 1.29 is 14.3 Å². The number of benzene rings is 2. The van der Waals surface area contributed by atoms with Gasteiger partial charge in [0, 0.05) is 30.3 Å². The van der Waals surface area contributed by atoms with E-state index in [0.717, 1.165) is 49.4 Å². The molecule has 0 spiro atoms. The number of carbonyl (C=O) groups is 1. The number of ether oxygens (including phenoxy) is 2. The van der Waals surface area contributed by atoms with Crippen molar-refractivity contribution in [3.8, 4) is 11.5 Å². The van der Waals surface area contributed by atoms with Gasteiger partial charge in [0.05, 0.1) is 14.2 Å². The van der Waals surface area contributed by atoms with E-state index in [4.69, 9.17) is 9.47 Å². The Morgan fingerprint density at radius 1 is 0.966 bits per heavy atom. The van der Waals surface area contributed by atoms with E-state index in [2.05, 4.69) is 35.2 Å². The second kappa shape index (κ2) is 8.89. The minimum absolute atomic E-state index is 0.117. The molecule has 0 aromatic heterocycles. The molecule has 1 unspecified atom stereocenters. The highest BCUT2D eigenvalue weighted by atomic mass is 16.5. The molecule has 1 heterocycles. The van der Waals surface area contributed by atoms with Crippen LogP contribution in [0.5, 0.6) is 11.5 Å². The lowest BCUT2D eigenvalue weighted by atomic mass is 9.88. The summed E-state index contributed by atoms with van der Waals surface area (Å²) in [7, 11) is 3.26. The first-order chi connectivity index (χ1) is 14.2. The Balaban J connectivity index is 1.26. The Bertz CT molecular complexity index is 841. The maximum Gasteiger partial charge on any atom is 0.166 e. The summed E-state index contributed by atoms with van der Waals surface area (Å²) in [5, 5.41) is 0. The standard InChI is InChI=1S/C25H31NO3/c1-28-23-16-20-15-19(25(27)22(20)17-24(23)29-2)8-6-7-18-11-13-26(14-12-18)21-9-4-3-5-10-21/h3-5,9-10,16-19H,6-8,11-15H2,1-2H3. The van der Waals surface area contributed by atoms with Gasteiger partial charge in [-0.2, -0.15) is 0 Å². The molecular weight excluding hydrogens is 362 g/mol. The van der Waals surface area contributed by atoms with E-state index in [9.17, 15) is 4.79 Å². The number of methoxy groups -OCH3 is 2. The molecule has 1 aliphatic carbocycles. The lowest BCUT2D eigenvalue weighted by molar-refractivity contribution is 0.0927. The van der Waals surface area contributed by atoms with Crippen LogP contribution >= 0.6 is 0 Å².